The molecule has 1 atom stereocenters. The zero-order valence-electron chi connectivity index (χ0n) is 12.7. The lowest BCUT2D eigenvalue weighted by molar-refractivity contribution is 0.102. The van der Waals surface area contributed by atoms with Gasteiger partial charge < -0.3 is 14.8 Å². The molecule has 120 valence electrons. The molecule has 1 aliphatic heterocycles. The van der Waals surface area contributed by atoms with Crippen LogP contribution in [0.1, 0.15) is 22.3 Å². The summed E-state index contributed by atoms with van der Waals surface area (Å²) in [5.74, 6) is 0.310. The van der Waals surface area contributed by atoms with E-state index in [2.05, 4.69) is 26.2 Å². The van der Waals surface area contributed by atoms with Crippen LogP contribution in [0.5, 0.6) is 5.88 Å². The fourth-order valence-corrected chi connectivity index (χ4v) is 2.66. The van der Waals surface area contributed by atoms with E-state index in [0.717, 1.165) is 28.8 Å². The van der Waals surface area contributed by atoms with E-state index in [1.54, 1.807) is 12.1 Å². The number of carbonyl (C=O) groups is 1. The summed E-state index contributed by atoms with van der Waals surface area (Å²) in [5, 5.41) is 2.89. The van der Waals surface area contributed by atoms with E-state index in [1.165, 1.54) is 6.20 Å². The number of rotatable bonds is 4. The van der Waals surface area contributed by atoms with Crippen molar-refractivity contribution in [3.63, 3.8) is 0 Å². The van der Waals surface area contributed by atoms with Gasteiger partial charge in [-0.2, -0.15) is 0 Å². The van der Waals surface area contributed by atoms with Gasteiger partial charge in [-0.1, -0.05) is 22.0 Å². The Bertz CT molecular complexity index is 697. The van der Waals surface area contributed by atoms with Gasteiger partial charge in [0.05, 0.1) is 18.8 Å². The number of hydrogen-bond donors (Lipinski definition) is 1. The predicted molar refractivity (Wildman–Crippen MR) is 90.9 cm³/mol. The lowest BCUT2D eigenvalue weighted by Gasteiger charge is -2.12. The third-order valence-electron chi connectivity index (χ3n) is 3.69. The lowest BCUT2D eigenvalue weighted by Crippen LogP contribution is -2.17. The Kier molecular flexibility index (Phi) is 4.93. The van der Waals surface area contributed by atoms with Crippen molar-refractivity contribution in [3.05, 3.63) is 52.1 Å². The SMILES string of the molecule is Cc1c(Br)cccc1NC(=O)c1ccc(OC2CCOC2)nc1. The van der Waals surface area contributed by atoms with E-state index in [1.807, 2.05) is 25.1 Å². The molecule has 5 nitrogen and oxygen atoms in total. The number of benzene rings is 1. The maximum Gasteiger partial charge on any atom is 0.257 e. The molecule has 1 N–H and O–H groups in total. The molecule has 1 aromatic carbocycles. The Morgan fingerprint density at radius 2 is 2.26 bits per heavy atom. The van der Waals surface area contributed by atoms with Crippen LogP contribution in [0.4, 0.5) is 5.69 Å². The van der Waals surface area contributed by atoms with Crippen molar-refractivity contribution >= 4 is 27.5 Å². The summed E-state index contributed by atoms with van der Waals surface area (Å²) in [5.41, 5.74) is 2.24. The summed E-state index contributed by atoms with van der Waals surface area (Å²) in [7, 11) is 0. The molecule has 23 heavy (non-hydrogen) atoms. The standard InChI is InChI=1S/C17H17BrN2O3/c1-11-14(18)3-2-4-15(11)20-17(21)12-5-6-16(19-9-12)23-13-7-8-22-10-13/h2-6,9,13H,7-8,10H2,1H3,(H,20,21). The first-order chi connectivity index (χ1) is 11.1. The molecule has 1 amide bonds. The molecule has 1 saturated heterocycles. The molecule has 0 spiro atoms. The second-order valence-corrected chi connectivity index (χ2v) is 6.21. The molecule has 0 radical (unpaired) electrons. The molecular weight excluding hydrogens is 360 g/mol. The van der Waals surface area contributed by atoms with Crippen molar-refractivity contribution < 1.29 is 14.3 Å². The van der Waals surface area contributed by atoms with Gasteiger partial charge in [-0.3, -0.25) is 4.79 Å². The highest BCUT2D eigenvalue weighted by molar-refractivity contribution is 9.10. The van der Waals surface area contributed by atoms with Crippen LogP contribution in [0.15, 0.2) is 41.0 Å². The first-order valence-corrected chi connectivity index (χ1v) is 8.19. The Morgan fingerprint density at radius 3 is 2.96 bits per heavy atom. The highest BCUT2D eigenvalue weighted by atomic mass is 79.9. The average Bonchev–Trinajstić information content (AvgIpc) is 3.05. The molecular formula is C17H17BrN2O3. The van der Waals surface area contributed by atoms with Crippen LogP contribution in [-0.4, -0.2) is 30.2 Å². The summed E-state index contributed by atoms with van der Waals surface area (Å²) in [4.78, 5) is 16.5. The smallest absolute Gasteiger partial charge is 0.257 e. The van der Waals surface area contributed by atoms with E-state index in [9.17, 15) is 4.79 Å². The number of carbonyl (C=O) groups excluding carboxylic acids is 1. The number of anilines is 1. The number of nitrogens with zero attached hydrogens (tertiary/aromatic N) is 1. The largest absolute Gasteiger partial charge is 0.472 e. The first kappa shape index (κ1) is 16.0. The number of pyridine rings is 1. The Labute approximate surface area is 143 Å². The van der Waals surface area contributed by atoms with Crippen LogP contribution in [-0.2, 0) is 4.74 Å². The molecule has 0 bridgehead atoms. The van der Waals surface area contributed by atoms with Gasteiger partial charge in [0.1, 0.15) is 6.10 Å². The minimum absolute atomic E-state index is 0.0477. The highest BCUT2D eigenvalue weighted by Crippen LogP contribution is 2.24. The summed E-state index contributed by atoms with van der Waals surface area (Å²) in [6.07, 6.45) is 2.44. The summed E-state index contributed by atoms with van der Waals surface area (Å²) >= 11 is 3.45. The van der Waals surface area contributed by atoms with Crippen LogP contribution in [0.25, 0.3) is 0 Å². The molecule has 0 aliphatic carbocycles. The third-order valence-corrected chi connectivity index (χ3v) is 4.55. The Balaban J connectivity index is 1.66. The fourth-order valence-electron chi connectivity index (χ4n) is 2.30. The van der Waals surface area contributed by atoms with Gasteiger partial charge in [0, 0.05) is 28.8 Å². The lowest BCUT2D eigenvalue weighted by atomic mass is 10.2. The maximum absolute atomic E-state index is 12.3. The molecule has 2 heterocycles. The molecule has 2 aromatic rings. The van der Waals surface area contributed by atoms with Crippen LogP contribution in [0, 0.1) is 6.92 Å². The van der Waals surface area contributed by atoms with Crippen molar-refractivity contribution in [3.8, 4) is 5.88 Å². The van der Waals surface area contributed by atoms with Crippen LogP contribution >= 0.6 is 15.9 Å². The Hall–Kier alpha value is -1.92. The number of hydrogen-bond acceptors (Lipinski definition) is 4. The van der Waals surface area contributed by atoms with Crippen molar-refractivity contribution in [1.82, 2.24) is 4.98 Å². The number of halogens is 1. The van der Waals surface area contributed by atoms with Crippen molar-refractivity contribution in [2.45, 2.75) is 19.4 Å². The van der Waals surface area contributed by atoms with Gasteiger partial charge in [-0.25, -0.2) is 4.98 Å². The first-order valence-electron chi connectivity index (χ1n) is 7.40. The maximum atomic E-state index is 12.3. The van der Waals surface area contributed by atoms with Crippen LogP contribution in [0.3, 0.4) is 0 Å². The number of aromatic nitrogens is 1. The number of amides is 1. The monoisotopic (exact) mass is 376 g/mol. The Morgan fingerprint density at radius 1 is 1.39 bits per heavy atom. The molecule has 6 heteroatoms. The molecule has 0 saturated carbocycles. The average molecular weight is 377 g/mol. The molecule has 1 fully saturated rings. The van der Waals surface area contributed by atoms with Crippen molar-refractivity contribution in [2.75, 3.05) is 18.5 Å². The quantitative estimate of drug-likeness (QED) is 0.885. The van der Waals surface area contributed by atoms with E-state index in [-0.39, 0.29) is 12.0 Å². The normalized spacial score (nSPS) is 17.0. The van der Waals surface area contributed by atoms with E-state index < -0.39 is 0 Å². The fraction of sp³-hybridized carbons (Fsp3) is 0.294. The summed E-state index contributed by atoms with van der Waals surface area (Å²) < 4.78 is 11.9. The second kappa shape index (κ2) is 7.10. The molecule has 1 unspecified atom stereocenters. The van der Waals surface area contributed by atoms with Crippen molar-refractivity contribution in [1.29, 1.82) is 0 Å². The van der Waals surface area contributed by atoms with Gasteiger partial charge >= 0.3 is 0 Å². The summed E-state index contributed by atoms with van der Waals surface area (Å²) in [6.45, 7) is 3.25. The van der Waals surface area contributed by atoms with Gasteiger partial charge in [0.15, 0.2) is 0 Å². The van der Waals surface area contributed by atoms with Gasteiger partial charge in [-0.15, -0.1) is 0 Å². The predicted octanol–water partition coefficient (Wildman–Crippen LogP) is 3.57. The molecule has 1 aliphatic rings. The third kappa shape index (κ3) is 3.89. The minimum Gasteiger partial charge on any atom is -0.472 e. The number of ether oxygens (including phenoxy) is 2. The van der Waals surface area contributed by atoms with Gasteiger partial charge in [0.25, 0.3) is 5.91 Å². The topological polar surface area (TPSA) is 60.5 Å². The van der Waals surface area contributed by atoms with Crippen LogP contribution in [0.2, 0.25) is 0 Å². The second-order valence-electron chi connectivity index (χ2n) is 5.36. The molecule has 1 aromatic heterocycles. The van der Waals surface area contributed by atoms with E-state index in [0.29, 0.717) is 18.1 Å². The zero-order valence-corrected chi connectivity index (χ0v) is 14.3. The zero-order chi connectivity index (χ0) is 16.2. The summed E-state index contributed by atoms with van der Waals surface area (Å²) in [6, 6.07) is 9.10. The van der Waals surface area contributed by atoms with E-state index >= 15 is 0 Å². The van der Waals surface area contributed by atoms with Gasteiger partial charge in [0.2, 0.25) is 5.88 Å². The van der Waals surface area contributed by atoms with Gasteiger partial charge in [-0.05, 0) is 30.7 Å². The van der Waals surface area contributed by atoms with Crippen molar-refractivity contribution in [2.24, 2.45) is 0 Å². The highest BCUT2D eigenvalue weighted by Gasteiger charge is 2.18. The molecule has 3 rings (SSSR count). The van der Waals surface area contributed by atoms with Crippen LogP contribution < -0.4 is 10.1 Å². The van der Waals surface area contributed by atoms with E-state index in [4.69, 9.17) is 9.47 Å². The minimum atomic E-state index is -0.200. The number of nitrogens with one attached hydrogen (secondary N) is 1.